The highest BCUT2D eigenvalue weighted by Crippen LogP contribution is 2.22. The molecule has 124 valence electrons. The molecule has 1 atom stereocenters. The van der Waals surface area contributed by atoms with Crippen LogP contribution in [0, 0.1) is 0 Å². The Morgan fingerprint density at radius 1 is 1.25 bits per heavy atom. The molecule has 8 heteroatoms. The van der Waals surface area contributed by atoms with Crippen molar-refractivity contribution in [2.24, 2.45) is 7.05 Å². The third-order valence-corrected chi connectivity index (χ3v) is 4.40. The summed E-state index contributed by atoms with van der Waals surface area (Å²) in [5.74, 6) is 1.38. The molecule has 1 saturated heterocycles. The van der Waals surface area contributed by atoms with Crippen molar-refractivity contribution >= 4 is 22.8 Å². The normalized spacial score (nSPS) is 17.5. The number of para-hydroxylation sites is 2. The molecule has 3 heterocycles. The molecule has 3 aromatic rings. The number of benzene rings is 1. The minimum absolute atomic E-state index is 0.198. The number of aromatic nitrogens is 4. The molecule has 1 aliphatic rings. The van der Waals surface area contributed by atoms with Crippen molar-refractivity contribution in [3.8, 4) is 0 Å². The molecule has 1 aromatic carbocycles. The Kier molecular flexibility index (Phi) is 3.37. The number of aryl methyl sites for hydroxylation is 1. The lowest BCUT2D eigenvalue weighted by Gasteiger charge is -2.18. The lowest BCUT2D eigenvalue weighted by molar-refractivity contribution is 0.777. The van der Waals surface area contributed by atoms with Crippen molar-refractivity contribution in [1.82, 2.24) is 19.5 Å². The summed E-state index contributed by atoms with van der Waals surface area (Å²) in [6, 6.07) is 9.61. The van der Waals surface area contributed by atoms with Gasteiger partial charge in [0.1, 0.15) is 5.82 Å². The maximum atomic E-state index is 11.5. The largest absolute Gasteiger partial charge is 0.356 e. The molecule has 3 N–H and O–H groups in total. The molecule has 0 spiro atoms. The highest BCUT2D eigenvalue weighted by molar-refractivity contribution is 5.78. The number of anilines is 2. The lowest BCUT2D eigenvalue weighted by atomic mass is 10.3. The van der Waals surface area contributed by atoms with Gasteiger partial charge in [-0.3, -0.25) is 14.8 Å². The van der Waals surface area contributed by atoms with Crippen LogP contribution in [0.1, 0.15) is 6.42 Å². The Bertz CT molecular complexity index is 973. The van der Waals surface area contributed by atoms with Crippen LogP contribution in [0.3, 0.4) is 0 Å². The van der Waals surface area contributed by atoms with E-state index in [0.717, 1.165) is 29.9 Å². The fourth-order valence-corrected chi connectivity index (χ4v) is 3.18. The van der Waals surface area contributed by atoms with Crippen LogP contribution in [0.25, 0.3) is 11.0 Å². The monoisotopic (exact) mass is 326 g/mol. The summed E-state index contributed by atoms with van der Waals surface area (Å²) >= 11 is 0. The third-order valence-electron chi connectivity index (χ3n) is 4.40. The zero-order valence-electron chi connectivity index (χ0n) is 13.2. The number of nitrogens with zero attached hydrogens (tertiary/aromatic N) is 3. The van der Waals surface area contributed by atoms with Gasteiger partial charge < -0.3 is 14.8 Å². The average Bonchev–Trinajstić information content (AvgIpc) is 3.13. The molecule has 0 radical (unpaired) electrons. The van der Waals surface area contributed by atoms with Gasteiger partial charge in [-0.25, -0.2) is 9.78 Å². The molecule has 1 fully saturated rings. The smallest absolute Gasteiger partial charge is 0.327 e. The van der Waals surface area contributed by atoms with Gasteiger partial charge in [0.2, 0.25) is 5.95 Å². The number of aromatic amines is 2. The van der Waals surface area contributed by atoms with E-state index in [2.05, 4.69) is 20.3 Å². The second kappa shape index (κ2) is 5.55. The molecule has 1 aliphatic heterocycles. The fraction of sp³-hybridized carbons (Fsp3) is 0.312. The molecule has 4 rings (SSSR count). The molecule has 0 aliphatic carbocycles. The van der Waals surface area contributed by atoms with E-state index in [4.69, 9.17) is 0 Å². The zero-order valence-corrected chi connectivity index (χ0v) is 13.2. The third kappa shape index (κ3) is 2.55. The number of rotatable bonds is 3. The van der Waals surface area contributed by atoms with Gasteiger partial charge in [0, 0.05) is 32.2 Å². The van der Waals surface area contributed by atoms with Crippen LogP contribution in [0.15, 0.2) is 39.9 Å². The minimum atomic E-state index is -0.482. The molecule has 0 amide bonds. The van der Waals surface area contributed by atoms with Crippen molar-refractivity contribution in [3.63, 3.8) is 0 Å². The maximum Gasteiger partial charge on any atom is 0.327 e. The fourth-order valence-electron chi connectivity index (χ4n) is 3.18. The second-order valence-electron chi connectivity index (χ2n) is 6.03. The van der Waals surface area contributed by atoms with Gasteiger partial charge in [0.15, 0.2) is 0 Å². The van der Waals surface area contributed by atoms with E-state index in [1.807, 2.05) is 40.8 Å². The van der Waals surface area contributed by atoms with Gasteiger partial charge in [-0.1, -0.05) is 12.1 Å². The predicted octanol–water partition coefficient (Wildman–Crippen LogP) is 0.641. The van der Waals surface area contributed by atoms with Crippen LogP contribution in [0.2, 0.25) is 0 Å². The Morgan fingerprint density at radius 2 is 2.08 bits per heavy atom. The highest BCUT2D eigenvalue weighted by atomic mass is 16.2. The molecule has 24 heavy (non-hydrogen) atoms. The van der Waals surface area contributed by atoms with Crippen molar-refractivity contribution < 1.29 is 0 Å². The Morgan fingerprint density at radius 3 is 2.88 bits per heavy atom. The first-order chi connectivity index (χ1) is 11.6. The standard InChI is InChI=1S/C16H18N6O2/c1-21-12-5-3-2-4-11(12)18-15(21)17-10-6-7-22(9-10)13-8-14(23)20-16(24)19-13/h2-5,8,10H,6-7,9H2,1H3,(H,17,18)(H2,19,20,23,24)/t10-/m1/s1. The number of H-pyrrole nitrogens is 2. The van der Waals surface area contributed by atoms with E-state index < -0.39 is 5.69 Å². The summed E-state index contributed by atoms with van der Waals surface area (Å²) in [7, 11) is 1.98. The van der Waals surface area contributed by atoms with Crippen molar-refractivity contribution in [2.45, 2.75) is 12.5 Å². The Balaban J connectivity index is 1.53. The number of nitrogens with one attached hydrogen (secondary N) is 3. The van der Waals surface area contributed by atoms with E-state index in [0.29, 0.717) is 12.4 Å². The molecule has 0 saturated carbocycles. The number of hydrogen-bond donors (Lipinski definition) is 3. The summed E-state index contributed by atoms with van der Waals surface area (Å²) in [6.07, 6.45) is 0.901. The van der Waals surface area contributed by atoms with Gasteiger partial charge in [-0.15, -0.1) is 0 Å². The zero-order chi connectivity index (χ0) is 16.7. The first-order valence-corrected chi connectivity index (χ1v) is 7.87. The summed E-state index contributed by atoms with van der Waals surface area (Å²) in [6.45, 7) is 1.46. The van der Waals surface area contributed by atoms with Crippen molar-refractivity contribution in [3.05, 3.63) is 51.2 Å². The topological polar surface area (TPSA) is 98.8 Å². The maximum absolute atomic E-state index is 11.5. The molecular weight excluding hydrogens is 308 g/mol. The average molecular weight is 326 g/mol. The highest BCUT2D eigenvalue weighted by Gasteiger charge is 2.24. The SMILES string of the molecule is Cn1c(N[C@@H]2CCN(c3cc(=O)[nH]c(=O)[nH]3)C2)nc2ccccc21. The van der Waals surface area contributed by atoms with Crippen LogP contribution in [-0.4, -0.2) is 38.7 Å². The summed E-state index contributed by atoms with van der Waals surface area (Å²) < 4.78 is 2.03. The van der Waals surface area contributed by atoms with Crippen molar-refractivity contribution in [2.75, 3.05) is 23.3 Å². The summed E-state index contributed by atoms with van der Waals surface area (Å²) in [5, 5.41) is 3.46. The molecule has 8 nitrogen and oxygen atoms in total. The summed E-state index contributed by atoms with van der Waals surface area (Å²) in [5.41, 5.74) is 1.16. The van der Waals surface area contributed by atoms with Crippen LogP contribution in [-0.2, 0) is 7.05 Å². The predicted molar refractivity (Wildman–Crippen MR) is 92.6 cm³/mol. The van der Waals surface area contributed by atoms with E-state index in [9.17, 15) is 9.59 Å². The van der Waals surface area contributed by atoms with Crippen LogP contribution >= 0.6 is 0 Å². The van der Waals surface area contributed by atoms with E-state index in [1.165, 1.54) is 6.07 Å². The quantitative estimate of drug-likeness (QED) is 0.656. The van der Waals surface area contributed by atoms with E-state index in [-0.39, 0.29) is 11.6 Å². The van der Waals surface area contributed by atoms with Gasteiger partial charge >= 0.3 is 5.69 Å². The van der Waals surface area contributed by atoms with Gasteiger partial charge in [-0.05, 0) is 18.6 Å². The first kappa shape index (κ1) is 14.6. The Labute approximate surface area is 137 Å². The molecule has 2 aromatic heterocycles. The van der Waals surface area contributed by atoms with Crippen LogP contribution < -0.4 is 21.5 Å². The first-order valence-electron chi connectivity index (χ1n) is 7.87. The second-order valence-corrected chi connectivity index (χ2v) is 6.03. The molecule has 0 unspecified atom stereocenters. The molecular formula is C16H18N6O2. The molecule has 0 bridgehead atoms. The van der Waals surface area contributed by atoms with Crippen LogP contribution in [0.5, 0.6) is 0 Å². The van der Waals surface area contributed by atoms with Gasteiger partial charge in [0.05, 0.1) is 11.0 Å². The van der Waals surface area contributed by atoms with Gasteiger partial charge in [-0.2, -0.15) is 0 Å². The number of fused-ring (bicyclic) bond motifs is 1. The number of imidazole rings is 1. The number of hydrogen-bond acceptors (Lipinski definition) is 5. The Hall–Kier alpha value is -3.03. The minimum Gasteiger partial charge on any atom is -0.356 e. The van der Waals surface area contributed by atoms with Crippen LogP contribution in [0.4, 0.5) is 11.8 Å². The van der Waals surface area contributed by atoms with Gasteiger partial charge in [0.25, 0.3) is 5.56 Å². The summed E-state index contributed by atoms with van der Waals surface area (Å²) in [4.78, 5) is 34.3. The van der Waals surface area contributed by atoms with E-state index >= 15 is 0 Å². The van der Waals surface area contributed by atoms with Crippen molar-refractivity contribution in [1.29, 1.82) is 0 Å². The lowest BCUT2D eigenvalue weighted by Crippen LogP contribution is -2.31. The van der Waals surface area contributed by atoms with E-state index in [1.54, 1.807) is 0 Å².